The van der Waals surface area contributed by atoms with Crippen molar-refractivity contribution in [3.05, 3.63) is 28.8 Å². The van der Waals surface area contributed by atoms with Crippen LogP contribution in [0.15, 0.2) is 23.1 Å². The lowest BCUT2D eigenvalue weighted by atomic mass is 9.93. The Bertz CT molecular complexity index is 406. The van der Waals surface area contributed by atoms with Crippen LogP contribution in [0, 0.1) is 0 Å². The Balaban J connectivity index is 2.37. The summed E-state index contributed by atoms with van der Waals surface area (Å²) in [6.07, 6.45) is 0.182. The molecule has 0 aliphatic carbocycles. The fourth-order valence-corrected chi connectivity index (χ4v) is 3.56. The van der Waals surface area contributed by atoms with Crippen molar-refractivity contribution in [2.24, 2.45) is 0 Å². The molecule has 0 saturated heterocycles. The number of carboxylic acids is 1. The van der Waals surface area contributed by atoms with E-state index < -0.39 is 5.97 Å². The molecule has 0 bridgehead atoms. The average Bonchev–Trinajstić information content (AvgIpc) is 2.45. The summed E-state index contributed by atoms with van der Waals surface area (Å²) in [5.74, 6) is -0.665. The van der Waals surface area contributed by atoms with E-state index in [1.54, 1.807) is 11.8 Å². The normalized spacial score (nSPS) is 23.9. The first-order valence-corrected chi connectivity index (χ1v) is 6.02. The highest BCUT2D eigenvalue weighted by Gasteiger charge is 2.32. The van der Waals surface area contributed by atoms with Crippen molar-refractivity contribution < 1.29 is 9.90 Å². The number of hydrogen-bond donors (Lipinski definition) is 1. The Morgan fingerprint density at radius 1 is 1.60 bits per heavy atom. The van der Waals surface area contributed by atoms with Crippen molar-refractivity contribution in [2.75, 3.05) is 0 Å². The molecule has 0 spiro atoms. The third kappa shape index (κ3) is 1.99. The summed E-state index contributed by atoms with van der Waals surface area (Å²) in [7, 11) is 0. The van der Waals surface area contributed by atoms with Gasteiger partial charge in [-0.1, -0.05) is 30.7 Å². The number of hydrogen-bond acceptors (Lipinski definition) is 2. The van der Waals surface area contributed by atoms with E-state index in [9.17, 15) is 4.79 Å². The van der Waals surface area contributed by atoms with Gasteiger partial charge < -0.3 is 5.11 Å². The fourth-order valence-electron chi connectivity index (χ4n) is 1.93. The lowest BCUT2D eigenvalue weighted by Gasteiger charge is -2.12. The van der Waals surface area contributed by atoms with Gasteiger partial charge in [-0.15, -0.1) is 11.8 Å². The van der Waals surface area contributed by atoms with Crippen LogP contribution in [0.4, 0.5) is 0 Å². The molecule has 1 aromatic carbocycles. The number of benzene rings is 1. The molecule has 0 fully saturated rings. The van der Waals surface area contributed by atoms with Crippen molar-refractivity contribution in [3.63, 3.8) is 0 Å². The summed E-state index contributed by atoms with van der Waals surface area (Å²) in [6, 6.07) is 5.71. The van der Waals surface area contributed by atoms with Crippen LogP contribution >= 0.6 is 23.4 Å². The molecule has 0 aromatic heterocycles. The monoisotopic (exact) mass is 242 g/mol. The summed E-state index contributed by atoms with van der Waals surface area (Å²) in [6.45, 7) is 2.05. The molecule has 4 heteroatoms. The van der Waals surface area contributed by atoms with Crippen LogP contribution < -0.4 is 0 Å². The van der Waals surface area contributed by atoms with Gasteiger partial charge in [0.25, 0.3) is 0 Å². The van der Waals surface area contributed by atoms with Crippen LogP contribution in [0.2, 0.25) is 5.02 Å². The first kappa shape index (κ1) is 10.8. The molecule has 0 radical (unpaired) electrons. The van der Waals surface area contributed by atoms with Gasteiger partial charge in [-0.3, -0.25) is 4.79 Å². The zero-order chi connectivity index (χ0) is 11.0. The highest BCUT2D eigenvalue weighted by Crippen LogP contribution is 2.49. The largest absolute Gasteiger partial charge is 0.481 e. The number of thioether (sulfide) groups is 1. The first-order valence-electron chi connectivity index (χ1n) is 4.76. The number of fused-ring (bicyclic) bond motifs is 1. The molecular formula is C11H11ClO2S. The minimum absolute atomic E-state index is 0.0844. The van der Waals surface area contributed by atoms with Crippen molar-refractivity contribution in [2.45, 2.75) is 29.4 Å². The second-order valence-corrected chi connectivity index (χ2v) is 5.48. The van der Waals surface area contributed by atoms with E-state index in [-0.39, 0.29) is 17.6 Å². The fraction of sp³-hybridized carbons (Fsp3) is 0.364. The van der Waals surface area contributed by atoms with Crippen molar-refractivity contribution >= 4 is 29.3 Å². The van der Waals surface area contributed by atoms with Gasteiger partial charge in [-0.2, -0.15) is 0 Å². The summed E-state index contributed by atoms with van der Waals surface area (Å²) < 4.78 is 0. The molecule has 2 nitrogen and oxygen atoms in total. The SMILES string of the molecule is CC1Sc2c(Cl)cccc2C1CC(=O)O. The Kier molecular flexibility index (Phi) is 2.94. The van der Waals surface area contributed by atoms with E-state index >= 15 is 0 Å². The molecule has 1 aliphatic rings. The van der Waals surface area contributed by atoms with Gasteiger partial charge in [0, 0.05) is 16.1 Å². The highest BCUT2D eigenvalue weighted by molar-refractivity contribution is 8.00. The van der Waals surface area contributed by atoms with E-state index in [4.69, 9.17) is 16.7 Å². The third-order valence-corrected chi connectivity index (χ3v) is 4.48. The van der Waals surface area contributed by atoms with E-state index in [1.165, 1.54) is 0 Å². The summed E-state index contributed by atoms with van der Waals surface area (Å²) >= 11 is 7.74. The van der Waals surface area contributed by atoms with Gasteiger partial charge in [0.2, 0.25) is 0 Å². The van der Waals surface area contributed by atoms with Crippen LogP contribution in [0.1, 0.15) is 24.8 Å². The summed E-state index contributed by atoms with van der Waals surface area (Å²) in [5, 5.41) is 9.87. The lowest BCUT2D eigenvalue weighted by molar-refractivity contribution is -0.137. The maximum absolute atomic E-state index is 10.8. The first-order chi connectivity index (χ1) is 7.09. The Morgan fingerprint density at radius 3 is 3.00 bits per heavy atom. The number of rotatable bonds is 2. The van der Waals surface area contributed by atoms with E-state index in [1.807, 2.05) is 18.2 Å². The van der Waals surface area contributed by atoms with E-state index in [2.05, 4.69) is 6.92 Å². The lowest BCUT2D eigenvalue weighted by Crippen LogP contribution is -2.11. The predicted octanol–water partition coefficient (Wildman–Crippen LogP) is 3.39. The highest BCUT2D eigenvalue weighted by atomic mass is 35.5. The zero-order valence-electron chi connectivity index (χ0n) is 8.24. The molecule has 2 rings (SSSR count). The Labute approximate surface area is 97.6 Å². The molecule has 0 amide bonds. The maximum Gasteiger partial charge on any atom is 0.304 e. The molecule has 1 heterocycles. The topological polar surface area (TPSA) is 37.3 Å². The van der Waals surface area contributed by atoms with Crippen molar-refractivity contribution in [3.8, 4) is 0 Å². The van der Waals surface area contributed by atoms with Crippen LogP contribution in [0.5, 0.6) is 0 Å². The Morgan fingerprint density at radius 2 is 2.33 bits per heavy atom. The molecule has 2 unspecified atom stereocenters. The van der Waals surface area contributed by atoms with Gasteiger partial charge in [-0.25, -0.2) is 0 Å². The number of aliphatic carboxylic acids is 1. The minimum Gasteiger partial charge on any atom is -0.481 e. The molecule has 80 valence electrons. The predicted molar refractivity (Wildman–Crippen MR) is 61.8 cm³/mol. The molecule has 1 N–H and O–H groups in total. The number of carbonyl (C=O) groups is 1. The average molecular weight is 243 g/mol. The molecule has 1 aromatic rings. The standard InChI is InChI=1S/C11H11ClO2S/c1-6-8(5-10(13)14)7-3-2-4-9(12)11(7)15-6/h2-4,6,8H,5H2,1H3,(H,13,14). The van der Waals surface area contributed by atoms with Gasteiger partial charge in [0.05, 0.1) is 11.4 Å². The molecule has 1 aliphatic heterocycles. The number of halogens is 1. The second kappa shape index (κ2) is 4.06. The minimum atomic E-state index is -0.750. The van der Waals surface area contributed by atoms with Crippen LogP contribution in [0.25, 0.3) is 0 Å². The van der Waals surface area contributed by atoms with Crippen LogP contribution in [0.3, 0.4) is 0 Å². The molecular weight excluding hydrogens is 232 g/mol. The zero-order valence-corrected chi connectivity index (χ0v) is 9.81. The van der Waals surface area contributed by atoms with E-state index in [0.717, 1.165) is 15.5 Å². The van der Waals surface area contributed by atoms with Crippen LogP contribution in [-0.4, -0.2) is 16.3 Å². The van der Waals surface area contributed by atoms with Gasteiger partial charge in [0.15, 0.2) is 0 Å². The van der Waals surface area contributed by atoms with Gasteiger partial charge >= 0.3 is 5.97 Å². The van der Waals surface area contributed by atoms with Crippen molar-refractivity contribution in [1.29, 1.82) is 0 Å². The van der Waals surface area contributed by atoms with Gasteiger partial charge in [-0.05, 0) is 11.6 Å². The van der Waals surface area contributed by atoms with E-state index in [0.29, 0.717) is 0 Å². The summed E-state index contributed by atoms with van der Waals surface area (Å²) in [5.41, 5.74) is 1.09. The Hall–Kier alpha value is -0.670. The smallest absolute Gasteiger partial charge is 0.304 e. The molecule has 2 atom stereocenters. The molecule has 15 heavy (non-hydrogen) atoms. The third-order valence-electron chi connectivity index (χ3n) is 2.66. The number of carboxylic acid groups (broad SMARTS) is 1. The van der Waals surface area contributed by atoms with Crippen LogP contribution in [-0.2, 0) is 4.79 Å². The maximum atomic E-state index is 10.8. The quantitative estimate of drug-likeness (QED) is 0.864. The van der Waals surface area contributed by atoms with Crippen molar-refractivity contribution in [1.82, 2.24) is 0 Å². The molecule has 0 saturated carbocycles. The van der Waals surface area contributed by atoms with Gasteiger partial charge in [0.1, 0.15) is 0 Å². The second-order valence-electron chi connectivity index (χ2n) is 3.69. The summed E-state index contributed by atoms with van der Waals surface area (Å²) in [4.78, 5) is 11.8.